The summed E-state index contributed by atoms with van der Waals surface area (Å²) >= 11 is 2.55. The topological polar surface area (TPSA) is 80.4 Å². The number of hydrogen-bond donors (Lipinski definition) is 2. The Labute approximate surface area is 111 Å². The van der Waals surface area contributed by atoms with Crippen LogP contribution >= 0.6 is 35.9 Å². The quantitative estimate of drug-likeness (QED) is 0.668. The van der Waals surface area contributed by atoms with Gasteiger partial charge in [-0.2, -0.15) is 0 Å². The first-order valence-corrected chi connectivity index (χ1v) is 6.85. The Hall–Kier alpha value is 0.0900. The van der Waals surface area contributed by atoms with Crippen LogP contribution < -0.4 is 5.73 Å². The lowest BCUT2D eigenvalue weighted by Crippen LogP contribution is -2.02. The summed E-state index contributed by atoms with van der Waals surface area (Å²) in [6.45, 7) is 0.523. The molecule has 0 aliphatic rings. The largest absolute Gasteiger partial charge is 0.481 e. The third-order valence-electron chi connectivity index (χ3n) is 1.59. The standard InChI is InChI=1S/C9H17NO3S2.ClH/c10-5-7-15-9(13)14-6-3-1-2-4-8(11)12;/h1-7,10H2,(H,11,12);1H. The zero-order valence-electron chi connectivity index (χ0n) is 9.02. The molecule has 0 spiro atoms. The van der Waals surface area contributed by atoms with Crippen molar-refractivity contribution in [1.29, 1.82) is 0 Å². The van der Waals surface area contributed by atoms with Gasteiger partial charge in [0.05, 0.1) is 0 Å². The molecule has 4 nitrogen and oxygen atoms in total. The van der Waals surface area contributed by atoms with Crippen LogP contribution in [-0.2, 0) is 4.79 Å². The van der Waals surface area contributed by atoms with Crippen molar-refractivity contribution in [2.75, 3.05) is 18.1 Å². The Balaban J connectivity index is 0. The molecule has 0 aliphatic carbocycles. The molecule has 0 fully saturated rings. The van der Waals surface area contributed by atoms with Gasteiger partial charge in [0, 0.05) is 24.5 Å². The van der Waals surface area contributed by atoms with E-state index in [9.17, 15) is 9.59 Å². The van der Waals surface area contributed by atoms with E-state index in [1.807, 2.05) is 0 Å². The van der Waals surface area contributed by atoms with Crippen LogP contribution in [0, 0.1) is 0 Å². The van der Waals surface area contributed by atoms with E-state index >= 15 is 0 Å². The highest BCUT2D eigenvalue weighted by atomic mass is 35.5. The van der Waals surface area contributed by atoms with Gasteiger partial charge in [-0.25, -0.2) is 0 Å². The molecule has 0 aliphatic heterocycles. The van der Waals surface area contributed by atoms with Crippen LogP contribution in [0.15, 0.2) is 0 Å². The van der Waals surface area contributed by atoms with Gasteiger partial charge >= 0.3 is 5.97 Å². The van der Waals surface area contributed by atoms with E-state index < -0.39 is 5.97 Å². The van der Waals surface area contributed by atoms with E-state index in [0.717, 1.165) is 18.6 Å². The van der Waals surface area contributed by atoms with Crippen molar-refractivity contribution in [3.05, 3.63) is 0 Å². The van der Waals surface area contributed by atoms with Gasteiger partial charge in [-0.05, 0) is 12.8 Å². The molecule has 0 aromatic heterocycles. The fourth-order valence-corrected chi connectivity index (χ4v) is 2.53. The molecule has 0 saturated heterocycles. The lowest BCUT2D eigenvalue weighted by molar-refractivity contribution is -0.137. The van der Waals surface area contributed by atoms with Crippen molar-refractivity contribution in [2.45, 2.75) is 25.7 Å². The average molecular weight is 288 g/mol. The molecule has 0 aromatic rings. The molecule has 0 aromatic carbocycles. The van der Waals surface area contributed by atoms with Gasteiger partial charge in [0.15, 0.2) is 0 Å². The highest BCUT2D eigenvalue weighted by Crippen LogP contribution is 2.17. The monoisotopic (exact) mass is 287 g/mol. The number of aliphatic carboxylic acids is 1. The van der Waals surface area contributed by atoms with Gasteiger partial charge in [-0.3, -0.25) is 9.59 Å². The summed E-state index contributed by atoms with van der Waals surface area (Å²) in [6, 6.07) is 0. The third kappa shape index (κ3) is 14.1. The number of unbranched alkanes of at least 4 members (excludes halogenated alkanes) is 2. The van der Waals surface area contributed by atoms with Crippen LogP contribution in [-0.4, -0.2) is 33.6 Å². The third-order valence-corrected chi connectivity index (χ3v) is 3.70. The molecular weight excluding hydrogens is 270 g/mol. The zero-order chi connectivity index (χ0) is 11.5. The van der Waals surface area contributed by atoms with Crippen LogP contribution in [0.1, 0.15) is 25.7 Å². The first kappa shape index (κ1) is 18.5. The van der Waals surface area contributed by atoms with Gasteiger partial charge in [-0.15, -0.1) is 12.4 Å². The molecule has 3 N–H and O–H groups in total. The van der Waals surface area contributed by atoms with Crippen molar-refractivity contribution in [1.82, 2.24) is 0 Å². The molecular formula is C9H18ClNO3S2. The molecule has 0 radical (unpaired) electrons. The van der Waals surface area contributed by atoms with Gasteiger partial charge < -0.3 is 10.8 Å². The lowest BCUT2D eigenvalue weighted by atomic mass is 10.2. The van der Waals surface area contributed by atoms with Crippen molar-refractivity contribution in [2.24, 2.45) is 5.73 Å². The number of halogens is 1. The fourth-order valence-electron chi connectivity index (χ4n) is 0.894. The minimum absolute atomic E-state index is 0. The van der Waals surface area contributed by atoms with E-state index in [-0.39, 0.29) is 23.3 Å². The second-order valence-electron chi connectivity index (χ2n) is 2.94. The van der Waals surface area contributed by atoms with E-state index in [1.54, 1.807) is 0 Å². The molecule has 96 valence electrons. The summed E-state index contributed by atoms with van der Waals surface area (Å²) in [7, 11) is 0. The highest BCUT2D eigenvalue weighted by Gasteiger charge is 2.02. The number of nitrogens with two attached hydrogens (primary N) is 1. The van der Waals surface area contributed by atoms with Crippen LogP contribution in [0.5, 0.6) is 0 Å². The number of thioether (sulfide) groups is 2. The average Bonchev–Trinajstić information content (AvgIpc) is 2.19. The summed E-state index contributed by atoms with van der Waals surface area (Å²) < 4.78 is 0.110. The van der Waals surface area contributed by atoms with Gasteiger partial charge in [0.1, 0.15) is 0 Å². The maximum atomic E-state index is 11.1. The maximum absolute atomic E-state index is 11.1. The predicted molar refractivity (Wildman–Crippen MR) is 72.7 cm³/mol. The minimum atomic E-state index is -0.753. The van der Waals surface area contributed by atoms with Crippen LogP contribution in [0.3, 0.4) is 0 Å². The van der Waals surface area contributed by atoms with Gasteiger partial charge in [0.2, 0.25) is 4.45 Å². The molecule has 0 rings (SSSR count). The van der Waals surface area contributed by atoms with Crippen LogP contribution in [0.2, 0.25) is 0 Å². The molecule has 0 saturated carbocycles. The van der Waals surface area contributed by atoms with Crippen LogP contribution in [0.4, 0.5) is 4.79 Å². The summed E-state index contributed by atoms with van der Waals surface area (Å²) in [6.07, 6.45) is 2.68. The van der Waals surface area contributed by atoms with E-state index in [4.69, 9.17) is 10.8 Å². The number of rotatable bonds is 8. The molecule has 16 heavy (non-hydrogen) atoms. The van der Waals surface area contributed by atoms with E-state index in [0.29, 0.717) is 18.7 Å². The summed E-state index contributed by atoms with van der Waals surface area (Å²) in [4.78, 5) is 21.3. The fraction of sp³-hybridized carbons (Fsp3) is 0.778. The zero-order valence-corrected chi connectivity index (χ0v) is 11.5. The molecule has 0 atom stereocenters. The molecule has 0 bridgehead atoms. The SMILES string of the molecule is Cl.NCCSC(=O)SCCCCCC(=O)O. The summed E-state index contributed by atoms with van der Waals surface area (Å²) in [5.74, 6) is 0.693. The maximum Gasteiger partial charge on any atom is 0.303 e. The Morgan fingerprint density at radius 1 is 1.06 bits per heavy atom. The van der Waals surface area contributed by atoms with Gasteiger partial charge in [-0.1, -0.05) is 29.9 Å². The molecule has 0 amide bonds. The van der Waals surface area contributed by atoms with Crippen molar-refractivity contribution >= 4 is 46.3 Å². The molecule has 7 heteroatoms. The number of carbonyl (C=O) groups is 2. The Kier molecular flexibility index (Phi) is 15.2. The van der Waals surface area contributed by atoms with E-state index in [2.05, 4.69) is 0 Å². The summed E-state index contributed by atoms with van der Waals surface area (Å²) in [5.41, 5.74) is 5.26. The first-order valence-electron chi connectivity index (χ1n) is 4.88. The first-order chi connectivity index (χ1) is 7.16. The Morgan fingerprint density at radius 2 is 1.69 bits per heavy atom. The Morgan fingerprint density at radius 3 is 2.25 bits per heavy atom. The van der Waals surface area contributed by atoms with Crippen molar-refractivity contribution in [3.63, 3.8) is 0 Å². The highest BCUT2D eigenvalue weighted by molar-refractivity contribution is 8.38. The lowest BCUT2D eigenvalue weighted by Gasteiger charge is -1.99. The number of hydrogen-bond acceptors (Lipinski definition) is 5. The number of carbonyl (C=O) groups excluding carboxylic acids is 1. The predicted octanol–water partition coefficient (Wildman–Crippen LogP) is 2.60. The van der Waals surface area contributed by atoms with Crippen molar-refractivity contribution < 1.29 is 14.7 Å². The number of carboxylic acids is 1. The minimum Gasteiger partial charge on any atom is -0.481 e. The van der Waals surface area contributed by atoms with Crippen LogP contribution in [0.25, 0.3) is 0 Å². The van der Waals surface area contributed by atoms with Gasteiger partial charge in [0.25, 0.3) is 0 Å². The second kappa shape index (κ2) is 13.2. The van der Waals surface area contributed by atoms with E-state index in [1.165, 1.54) is 23.5 Å². The molecule has 0 unspecified atom stereocenters. The normalized spacial score (nSPS) is 9.56. The smallest absolute Gasteiger partial charge is 0.303 e. The second-order valence-corrected chi connectivity index (χ2v) is 5.33. The van der Waals surface area contributed by atoms with Crippen molar-refractivity contribution in [3.8, 4) is 0 Å². The number of carboxylic acid groups (broad SMARTS) is 1. The molecule has 0 heterocycles. The summed E-state index contributed by atoms with van der Waals surface area (Å²) in [5, 5.41) is 8.38. The Bertz CT molecular complexity index is 205.